The van der Waals surface area contributed by atoms with Gasteiger partial charge in [-0.2, -0.15) is 0 Å². The Hall–Kier alpha value is -1.09. The molecule has 0 saturated heterocycles. The number of rotatable bonds is 6. The van der Waals surface area contributed by atoms with Crippen LogP contribution in [0.15, 0.2) is 18.2 Å². The molecule has 1 aromatic rings. The van der Waals surface area contributed by atoms with E-state index in [1.165, 1.54) is 5.56 Å². The third-order valence-corrected chi connectivity index (χ3v) is 3.99. The maximum atomic E-state index is 5.80. The number of anilines is 1. The minimum absolute atomic E-state index is 0.455. The van der Waals surface area contributed by atoms with Gasteiger partial charge in [0, 0.05) is 17.8 Å². The standard InChI is InChI=1S/C16H26N2S/c1-10(2)14(11(3)4)9-18-15-12(5)7-6-8-13(15)16(17)19/h6-8,10-11,14,18H,9H2,1-5H3,(H2,17,19). The fourth-order valence-electron chi connectivity index (χ4n) is 2.57. The zero-order valence-corrected chi connectivity index (χ0v) is 13.5. The Kier molecular flexibility index (Phi) is 5.80. The molecule has 0 fully saturated rings. The summed E-state index contributed by atoms with van der Waals surface area (Å²) < 4.78 is 0. The second kappa shape index (κ2) is 6.90. The lowest BCUT2D eigenvalue weighted by molar-refractivity contribution is 0.304. The van der Waals surface area contributed by atoms with Crippen molar-refractivity contribution in [1.82, 2.24) is 0 Å². The Bertz CT molecular complexity index is 430. The third-order valence-electron chi connectivity index (χ3n) is 3.77. The Labute approximate surface area is 122 Å². The van der Waals surface area contributed by atoms with Gasteiger partial charge in [-0.15, -0.1) is 0 Å². The van der Waals surface area contributed by atoms with Gasteiger partial charge in [-0.3, -0.25) is 0 Å². The lowest BCUT2D eigenvalue weighted by atomic mass is 9.85. The Morgan fingerprint density at radius 3 is 2.26 bits per heavy atom. The molecule has 0 saturated carbocycles. The van der Waals surface area contributed by atoms with Crippen LogP contribution in [-0.2, 0) is 0 Å². The molecule has 1 aromatic carbocycles. The summed E-state index contributed by atoms with van der Waals surface area (Å²) in [7, 11) is 0. The van der Waals surface area contributed by atoms with Crippen molar-refractivity contribution < 1.29 is 0 Å². The molecule has 0 aromatic heterocycles. The Balaban J connectivity index is 2.90. The van der Waals surface area contributed by atoms with Crippen LogP contribution < -0.4 is 11.1 Å². The van der Waals surface area contributed by atoms with Crippen molar-refractivity contribution in [3.05, 3.63) is 29.3 Å². The zero-order chi connectivity index (χ0) is 14.6. The summed E-state index contributed by atoms with van der Waals surface area (Å²) in [5.74, 6) is 1.95. The van der Waals surface area contributed by atoms with E-state index in [1.54, 1.807) is 0 Å². The molecule has 0 bridgehead atoms. The first kappa shape index (κ1) is 16.0. The van der Waals surface area contributed by atoms with E-state index in [2.05, 4.69) is 46.0 Å². The summed E-state index contributed by atoms with van der Waals surface area (Å²) in [5.41, 5.74) is 9.02. The van der Waals surface area contributed by atoms with Crippen LogP contribution in [0.25, 0.3) is 0 Å². The predicted molar refractivity (Wildman–Crippen MR) is 88.7 cm³/mol. The van der Waals surface area contributed by atoms with Crippen LogP contribution in [0.2, 0.25) is 0 Å². The molecule has 106 valence electrons. The normalized spacial score (nSPS) is 11.4. The van der Waals surface area contributed by atoms with Gasteiger partial charge in [0.25, 0.3) is 0 Å². The topological polar surface area (TPSA) is 38.0 Å². The molecule has 0 heterocycles. The summed E-state index contributed by atoms with van der Waals surface area (Å²) in [6.07, 6.45) is 0. The largest absolute Gasteiger partial charge is 0.389 e. The molecule has 1 rings (SSSR count). The number of aryl methyl sites for hydroxylation is 1. The minimum Gasteiger partial charge on any atom is -0.389 e. The number of hydrogen-bond donors (Lipinski definition) is 2. The van der Waals surface area contributed by atoms with Crippen LogP contribution in [-0.4, -0.2) is 11.5 Å². The molecule has 0 aliphatic carbocycles. The molecule has 0 aliphatic heterocycles. The van der Waals surface area contributed by atoms with E-state index in [9.17, 15) is 0 Å². The van der Waals surface area contributed by atoms with E-state index in [0.717, 1.165) is 17.8 Å². The summed E-state index contributed by atoms with van der Waals surface area (Å²) in [4.78, 5) is 0.455. The Morgan fingerprint density at radius 2 is 1.79 bits per heavy atom. The molecule has 2 nitrogen and oxygen atoms in total. The van der Waals surface area contributed by atoms with E-state index in [0.29, 0.717) is 22.7 Å². The quantitative estimate of drug-likeness (QED) is 0.773. The van der Waals surface area contributed by atoms with Gasteiger partial charge in [-0.25, -0.2) is 0 Å². The number of nitrogens with two attached hydrogens (primary N) is 1. The second-order valence-corrected chi connectivity index (χ2v) is 6.33. The molecule has 0 atom stereocenters. The maximum absolute atomic E-state index is 5.80. The van der Waals surface area contributed by atoms with Gasteiger partial charge in [0.05, 0.1) is 0 Å². The van der Waals surface area contributed by atoms with Gasteiger partial charge in [0.15, 0.2) is 0 Å². The summed E-state index contributed by atoms with van der Waals surface area (Å²) >= 11 is 5.13. The maximum Gasteiger partial charge on any atom is 0.106 e. The summed E-state index contributed by atoms with van der Waals surface area (Å²) in [6.45, 7) is 12.1. The van der Waals surface area contributed by atoms with Gasteiger partial charge in [-0.05, 0) is 36.3 Å². The van der Waals surface area contributed by atoms with Gasteiger partial charge in [-0.1, -0.05) is 52.0 Å². The Morgan fingerprint density at radius 1 is 1.21 bits per heavy atom. The molecule has 0 spiro atoms. The average Bonchev–Trinajstić information content (AvgIpc) is 2.29. The van der Waals surface area contributed by atoms with Gasteiger partial charge < -0.3 is 11.1 Å². The highest BCUT2D eigenvalue weighted by molar-refractivity contribution is 7.80. The smallest absolute Gasteiger partial charge is 0.106 e. The highest BCUT2D eigenvalue weighted by Crippen LogP contribution is 2.25. The van der Waals surface area contributed by atoms with E-state index >= 15 is 0 Å². The van der Waals surface area contributed by atoms with Crippen molar-refractivity contribution in [2.45, 2.75) is 34.6 Å². The molecular weight excluding hydrogens is 252 g/mol. The molecule has 19 heavy (non-hydrogen) atoms. The zero-order valence-electron chi connectivity index (χ0n) is 12.7. The monoisotopic (exact) mass is 278 g/mol. The SMILES string of the molecule is Cc1cccc(C(N)=S)c1NCC(C(C)C)C(C)C. The fourth-order valence-corrected chi connectivity index (χ4v) is 2.74. The third kappa shape index (κ3) is 4.20. The number of benzene rings is 1. The minimum atomic E-state index is 0.455. The second-order valence-electron chi connectivity index (χ2n) is 5.89. The average molecular weight is 278 g/mol. The number of thiocarbonyl (C=S) groups is 1. The summed E-state index contributed by atoms with van der Waals surface area (Å²) in [6, 6.07) is 6.07. The van der Waals surface area contributed by atoms with Crippen LogP contribution in [0, 0.1) is 24.7 Å². The van der Waals surface area contributed by atoms with Crippen molar-refractivity contribution in [3.8, 4) is 0 Å². The number of nitrogens with one attached hydrogen (secondary N) is 1. The van der Waals surface area contributed by atoms with Crippen molar-refractivity contribution in [2.24, 2.45) is 23.5 Å². The fraction of sp³-hybridized carbons (Fsp3) is 0.562. The first-order valence-corrected chi connectivity index (χ1v) is 7.38. The molecule has 3 heteroatoms. The van der Waals surface area contributed by atoms with E-state index in [4.69, 9.17) is 18.0 Å². The van der Waals surface area contributed by atoms with Crippen LogP contribution in [0.5, 0.6) is 0 Å². The van der Waals surface area contributed by atoms with Gasteiger partial charge in [0.1, 0.15) is 4.99 Å². The molecular formula is C16H26N2S. The molecule has 0 unspecified atom stereocenters. The van der Waals surface area contributed by atoms with Crippen LogP contribution in [0.1, 0.15) is 38.8 Å². The van der Waals surface area contributed by atoms with Crippen LogP contribution in [0.4, 0.5) is 5.69 Å². The highest BCUT2D eigenvalue weighted by atomic mass is 32.1. The van der Waals surface area contributed by atoms with Crippen LogP contribution >= 0.6 is 12.2 Å². The van der Waals surface area contributed by atoms with Crippen molar-refractivity contribution in [1.29, 1.82) is 0 Å². The summed E-state index contributed by atoms with van der Waals surface area (Å²) in [5, 5.41) is 3.56. The van der Waals surface area contributed by atoms with Crippen molar-refractivity contribution in [2.75, 3.05) is 11.9 Å². The number of para-hydroxylation sites is 1. The lowest BCUT2D eigenvalue weighted by Gasteiger charge is -2.26. The van der Waals surface area contributed by atoms with Gasteiger partial charge in [0.2, 0.25) is 0 Å². The lowest BCUT2D eigenvalue weighted by Crippen LogP contribution is -2.26. The molecule has 0 aliphatic rings. The van der Waals surface area contributed by atoms with E-state index in [-0.39, 0.29) is 0 Å². The van der Waals surface area contributed by atoms with E-state index in [1.807, 2.05) is 12.1 Å². The van der Waals surface area contributed by atoms with Gasteiger partial charge >= 0.3 is 0 Å². The first-order chi connectivity index (χ1) is 8.84. The van der Waals surface area contributed by atoms with E-state index < -0.39 is 0 Å². The highest BCUT2D eigenvalue weighted by Gasteiger charge is 2.18. The molecule has 0 radical (unpaired) electrons. The first-order valence-electron chi connectivity index (χ1n) is 6.97. The molecule has 3 N–H and O–H groups in total. The van der Waals surface area contributed by atoms with Crippen LogP contribution in [0.3, 0.4) is 0 Å². The molecule has 0 amide bonds. The predicted octanol–water partition coefficient (Wildman–Crippen LogP) is 3.97. The van der Waals surface area contributed by atoms with Crippen molar-refractivity contribution >= 4 is 22.9 Å². The van der Waals surface area contributed by atoms with Crippen molar-refractivity contribution in [3.63, 3.8) is 0 Å². The number of hydrogen-bond acceptors (Lipinski definition) is 2.